The number of halogens is 1. The molecule has 1 aliphatic carbocycles. The predicted octanol–water partition coefficient (Wildman–Crippen LogP) is 9.20. The number of hydrogen-bond donors (Lipinski definition) is 1. The first-order chi connectivity index (χ1) is 27.5. The summed E-state index contributed by atoms with van der Waals surface area (Å²) in [6, 6.07) is 50.2. The van der Waals surface area contributed by atoms with E-state index in [0.29, 0.717) is 30.4 Å². The van der Waals surface area contributed by atoms with Crippen molar-refractivity contribution in [2.24, 2.45) is 5.41 Å². The van der Waals surface area contributed by atoms with Crippen LogP contribution in [0, 0.1) is 5.41 Å². The predicted molar refractivity (Wildman–Crippen MR) is 217 cm³/mol. The van der Waals surface area contributed by atoms with Gasteiger partial charge in [-0.05, 0) is 52.4 Å². The SMILES string of the molecule is COc1ccc(C(OC[C@]2(CO)C[C@@H](n3ccc4c(Cl)ncnc43)[C@H](OCc3ccccc3)[C@@H]2OCc2ccccc2)(c2ccccc2)c2ccccc2)cc1. The summed E-state index contributed by atoms with van der Waals surface area (Å²) in [4.78, 5) is 8.91. The van der Waals surface area contributed by atoms with E-state index in [2.05, 4.69) is 38.8 Å². The van der Waals surface area contributed by atoms with Crippen LogP contribution in [-0.4, -0.2) is 52.2 Å². The molecule has 56 heavy (non-hydrogen) atoms. The van der Waals surface area contributed by atoms with E-state index >= 15 is 0 Å². The summed E-state index contributed by atoms with van der Waals surface area (Å²) in [7, 11) is 1.66. The Balaban J connectivity index is 1.27. The van der Waals surface area contributed by atoms with Gasteiger partial charge in [0, 0.05) is 11.6 Å². The van der Waals surface area contributed by atoms with E-state index in [0.717, 1.165) is 39.0 Å². The number of methoxy groups -OCH3 is 1. The van der Waals surface area contributed by atoms with Crippen LogP contribution in [0.15, 0.2) is 164 Å². The Morgan fingerprint density at radius 3 is 1.84 bits per heavy atom. The minimum atomic E-state index is -1.07. The maximum atomic E-state index is 11.8. The molecule has 8 rings (SSSR count). The van der Waals surface area contributed by atoms with E-state index in [1.165, 1.54) is 6.33 Å². The van der Waals surface area contributed by atoms with Gasteiger partial charge < -0.3 is 28.6 Å². The van der Waals surface area contributed by atoms with Gasteiger partial charge in [0.1, 0.15) is 34.6 Å². The van der Waals surface area contributed by atoms with Crippen molar-refractivity contribution < 1.29 is 24.1 Å². The Bertz CT molecular complexity index is 2270. The van der Waals surface area contributed by atoms with Gasteiger partial charge in [0.2, 0.25) is 0 Å². The lowest BCUT2D eigenvalue weighted by atomic mass is 9.79. The average Bonchev–Trinajstić information content (AvgIpc) is 3.84. The van der Waals surface area contributed by atoms with Gasteiger partial charge in [-0.2, -0.15) is 0 Å². The molecule has 0 bridgehead atoms. The lowest BCUT2D eigenvalue weighted by Gasteiger charge is -2.41. The highest BCUT2D eigenvalue weighted by atomic mass is 35.5. The molecule has 9 heteroatoms. The van der Waals surface area contributed by atoms with Gasteiger partial charge in [-0.25, -0.2) is 9.97 Å². The van der Waals surface area contributed by atoms with Crippen molar-refractivity contribution in [3.05, 3.63) is 197 Å². The molecule has 0 radical (unpaired) electrons. The van der Waals surface area contributed by atoms with Crippen LogP contribution in [0.2, 0.25) is 5.15 Å². The molecule has 284 valence electrons. The maximum absolute atomic E-state index is 11.8. The highest BCUT2D eigenvalue weighted by Crippen LogP contribution is 2.51. The van der Waals surface area contributed by atoms with Gasteiger partial charge in [0.15, 0.2) is 0 Å². The minimum absolute atomic E-state index is 0.120. The monoisotopic (exact) mass is 765 g/mol. The fourth-order valence-corrected chi connectivity index (χ4v) is 8.37. The molecule has 0 spiro atoms. The normalized spacial score (nSPS) is 19.7. The zero-order valence-corrected chi connectivity index (χ0v) is 31.9. The van der Waals surface area contributed by atoms with Crippen LogP contribution >= 0.6 is 11.6 Å². The van der Waals surface area contributed by atoms with Crippen molar-refractivity contribution in [2.75, 3.05) is 20.3 Å². The molecule has 0 saturated heterocycles. The summed E-state index contributed by atoms with van der Waals surface area (Å²) in [6.07, 6.45) is 2.77. The average molecular weight is 766 g/mol. The first kappa shape index (κ1) is 37.6. The Morgan fingerprint density at radius 2 is 1.27 bits per heavy atom. The largest absolute Gasteiger partial charge is 0.497 e. The summed E-state index contributed by atoms with van der Waals surface area (Å²) in [5.41, 5.74) is 3.51. The van der Waals surface area contributed by atoms with Crippen molar-refractivity contribution in [1.82, 2.24) is 14.5 Å². The molecular weight excluding hydrogens is 722 g/mol. The van der Waals surface area contributed by atoms with Crippen molar-refractivity contribution in [1.29, 1.82) is 0 Å². The minimum Gasteiger partial charge on any atom is -0.497 e. The molecule has 0 amide bonds. The molecule has 2 heterocycles. The second-order valence-electron chi connectivity index (χ2n) is 14.3. The number of aliphatic hydroxyl groups excluding tert-OH is 1. The molecule has 1 aliphatic rings. The van der Waals surface area contributed by atoms with Gasteiger partial charge in [-0.1, -0.05) is 145 Å². The Morgan fingerprint density at radius 1 is 0.714 bits per heavy atom. The molecule has 5 aromatic carbocycles. The highest BCUT2D eigenvalue weighted by molar-refractivity contribution is 6.33. The molecule has 0 aliphatic heterocycles. The molecule has 7 aromatic rings. The van der Waals surface area contributed by atoms with E-state index < -0.39 is 23.2 Å². The van der Waals surface area contributed by atoms with Crippen LogP contribution in [0.1, 0.15) is 40.3 Å². The summed E-state index contributed by atoms with van der Waals surface area (Å²) in [6.45, 7) is 0.543. The number of nitrogens with zero attached hydrogens (tertiary/aromatic N) is 3. The lowest BCUT2D eigenvalue weighted by molar-refractivity contribution is -0.154. The van der Waals surface area contributed by atoms with Crippen LogP contribution in [0.4, 0.5) is 0 Å². The highest BCUT2D eigenvalue weighted by Gasteiger charge is 2.57. The van der Waals surface area contributed by atoms with E-state index in [1.54, 1.807) is 7.11 Å². The zero-order valence-electron chi connectivity index (χ0n) is 31.2. The van der Waals surface area contributed by atoms with Crippen molar-refractivity contribution >= 4 is 22.6 Å². The smallest absolute Gasteiger partial charge is 0.145 e. The first-order valence-corrected chi connectivity index (χ1v) is 19.2. The third-order valence-electron chi connectivity index (χ3n) is 11.0. The first-order valence-electron chi connectivity index (χ1n) is 18.8. The third kappa shape index (κ3) is 7.34. The Kier molecular flexibility index (Phi) is 11.3. The van der Waals surface area contributed by atoms with Crippen LogP contribution in [-0.2, 0) is 33.0 Å². The Hall–Kier alpha value is -5.35. The fraction of sp³-hybridized carbons (Fsp3) is 0.234. The van der Waals surface area contributed by atoms with E-state index in [1.807, 2.05) is 134 Å². The van der Waals surface area contributed by atoms with Gasteiger partial charge in [-0.3, -0.25) is 0 Å². The lowest BCUT2D eigenvalue weighted by Crippen LogP contribution is -2.47. The van der Waals surface area contributed by atoms with Crippen LogP contribution in [0.5, 0.6) is 5.75 Å². The second-order valence-corrected chi connectivity index (χ2v) is 14.7. The molecule has 1 fully saturated rings. The molecule has 1 saturated carbocycles. The number of ether oxygens (including phenoxy) is 4. The third-order valence-corrected chi connectivity index (χ3v) is 11.3. The van der Waals surface area contributed by atoms with Crippen LogP contribution in [0.3, 0.4) is 0 Å². The van der Waals surface area contributed by atoms with Gasteiger partial charge >= 0.3 is 0 Å². The van der Waals surface area contributed by atoms with Gasteiger partial charge in [0.05, 0.1) is 51.1 Å². The van der Waals surface area contributed by atoms with Crippen molar-refractivity contribution in [2.45, 2.75) is 43.5 Å². The molecular formula is C47H44ClN3O5. The topological polar surface area (TPSA) is 87.9 Å². The summed E-state index contributed by atoms with van der Waals surface area (Å²) >= 11 is 6.59. The number of benzene rings is 5. The number of hydrogen-bond acceptors (Lipinski definition) is 7. The maximum Gasteiger partial charge on any atom is 0.145 e. The number of aliphatic hydroxyl groups is 1. The van der Waals surface area contributed by atoms with E-state index in [-0.39, 0.29) is 19.3 Å². The molecule has 4 atom stereocenters. The van der Waals surface area contributed by atoms with Crippen molar-refractivity contribution in [3.63, 3.8) is 0 Å². The van der Waals surface area contributed by atoms with E-state index in [9.17, 15) is 5.11 Å². The molecule has 1 N–H and O–H groups in total. The van der Waals surface area contributed by atoms with E-state index in [4.69, 9.17) is 30.5 Å². The zero-order chi connectivity index (χ0) is 38.4. The summed E-state index contributed by atoms with van der Waals surface area (Å²) in [5, 5.41) is 13.0. The van der Waals surface area contributed by atoms with Crippen LogP contribution in [0.25, 0.3) is 11.0 Å². The quantitative estimate of drug-likeness (QED) is 0.0823. The molecule has 8 nitrogen and oxygen atoms in total. The standard InChI is InChI=1S/C47H44ClN3O5/c1-53-39-24-22-38(23-25-39)47(36-18-10-4-11-19-36,37-20-12-5-13-21-37)56-32-46(31-52)28-41(51-27-26-40-44(48)49-33-50-45(40)51)42(54-29-34-14-6-2-7-15-34)43(46)55-30-35-16-8-3-9-17-35/h2-27,33,41-43,52H,28-32H2,1H3/t41-,42+,43+,46-/m1/s1. The van der Waals surface area contributed by atoms with Gasteiger partial charge in [-0.15, -0.1) is 0 Å². The van der Waals surface area contributed by atoms with Gasteiger partial charge in [0.25, 0.3) is 0 Å². The number of fused-ring (bicyclic) bond motifs is 1. The number of aromatic nitrogens is 3. The summed E-state index contributed by atoms with van der Waals surface area (Å²) < 4.78 is 29.2. The summed E-state index contributed by atoms with van der Waals surface area (Å²) in [5.74, 6) is 0.741. The molecule has 2 aromatic heterocycles. The second kappa shape index (κ2) is 16.8. The van der Waals surface area contributed by atoms with Crippen molar-refractivity contribution in [3.8, 4) is 5.75 Å². The molecule has 0 unspecified atom stereocenters. The fourth-order valence-electron chi connectivity index (χ4n) is 8.18. The number of rotatable bonds is 15. The Labute approximate surface area is 332 Å². The van der Waals surface area contributed by atoms with Crippen LogP contribution < -0.4 is 4.74 Å².